The zero-order valence-corrected chi connectivity index (χ0v) is 7.58. The summed E-state index contributed by atoms with van der Waals surface area (Å²) in [6.45, 7) is 4.62. The first kappa shape index (κ1) is 8.41. The highest BCUT2D eigenvalue weighted by atomic mass is 32.2. The molecule has 1 aliphatic rings. The van der Waals surface area contributed by atoms with Crippen LogP contribution in [-0.4, -0.2) is 22.7 Å². The average molecular weight is 160 g/mol. The lowest BCUT2D eigenvalue weighted by Gasteiger charge is -2.28. The Morgan fingerprint density at radius 2 is 2.30 bits per heavy atom. The Morgan fingerprint density at radius 3 is 2.70 bits per heavy atom. The van der Waals surface area contributed by atoms with E-state index in [1.165, 1.54) is 18.6 Å². The summed E-state index contributed by atoms with van der Waals surface area (Å²) in [6.07, 6.45) is 2.62. The van der Waals surface area contributed by atoms with Gasteiger partial charge in [0.2, 0.25) is 0 Å². The predicted molar refractivity (Wildman–Crippen MR) is 46.3 cm³/mol. The minimum absolute atomic E-state index is 0.140. The van der Waals surface area contributed by atoms with Gasteiger partial charge in [0.25, 0.3) is 0 Å². The van der Waals surface area contributed by atoms with E-state index in [2.05, 4.69) is 13.8 Å². The fourth-order valence-corrected chi connectivity index (χ4v) is 2.77. The molecule has 0 spiro atoms. The molecule has 0 bridgehead atoms. The van der Waals surface area contributed by atoms with Gasteiger partial charge in [-0.3, -0.25) is 0 Å². The Kier molecular flexibility index (Phi) is 2.64. The van der Waals surface area contributed by atoms with Crippen molar-refractivity contribution < 1.29 is 5.11 Å². The van der Waals surface area contributed by atoms with Crippen LogP contribution in [-0.2, 0) is 0 Å². The smallest absolute Gasteiger partial charge is 0.0492 e. The highest BCUT2D eigenvalue weighted by molar-refractivity contribution is 8.00. The van der Waals surface area contributed by atoms with Crippen LogP contribution >= 0.6 is 11.8 Å². The van der Waals surface area contributed by atoms with E-state index in [4.69, 9.17) is 5.11 Å². The maximum atomic E-state index is 9.04. The van der Waals surface area contributed by atoms with Crippen molar-refractivity contribution in [2.45, 2.75) is 31.9 Å². The molecule has 0 aromatic carbocycles. The van der Waals surface area contributed by atoms with Gasteiger partial charge in [-0.05, 0) is 24.0 Å². The van der Waals surface area contributed by atoms with Crippen LogP contribution in [0.1, 0.15) is 26.7 Å². The van der Waals surface area contributed by atoms with Gasteiger partial charge in [-0.1, -0.05) is 13.8 Å². The molecule has 1 rings (SSSR count). The minimum atomic E-state index is 0.140. The normalized spacial score (nSPS) is 27.3. The van der Waals surface area contributed by atoms with Gasteiger partial charge in [0, 0.05) is 11.9 Å². The summed E-state index contributed by atoms with van der Waals surface area (Å²) in [5, 5.41) is 9.73. The van der Waals surface area contributed by atoms with E-state index in [-0.39, 0.29) is 5.41 Å². The highest BCUT2D eigenvalue weighted by Gasteiger charge is 2.31. The first-order valence-electron chi connectivity index (χ1n) is 3.89. The molecule has 0 aromatic rings. The van der Waals surface area contributed by atoms with Crippen molar-refractivity contribution in [1.82, 2.24) is 0 Å². The van der Waals surface area contributed by atoms with Gasteiger partial charge in [-0.2, -0.15) is 11.8 Å². The molecule has 0 amide bonds. The van der Waals surface area contributed by atoms with Gasteiger partial charge < -0.3 is 5.11 Å². The molecule has 1 saturated heterocycles. The number of aliphatic hydroxyl groups is 1. The second-order valence-corrected chi connectivity index (χ2v) is 4.96. The topological polar surface area (TPSA) is 20.2 Å². The second-order valence-electron chi connectivity index (χ2n) is 3.65. The van der Waals surface area contributed by atoms with E-state index in [0.717, 1.165) is 0 Å². The zero-order valence-electron chi connectivity index (χ0n) is 6.76. The summed E-state index contributed by atoms with van der Waals surface area (Å²) >= 11 is 2.01. The summed E-state index contributed by atoms with van der Waals surface area (Å²) in [6, 6.07) is 0. The number of hydrogen-bond acceptors (Lipinski definition) is 2. The van der Waals surface area contributed by atoms with Gasteiger partial charge in [-0.25, -0.2) is 0 Å². The van der Waals surface area contributed by atoms with Gasteiger partial charge >= 0.3 is 0 Å². The molecular weight excluding hydrogens is 144 g/mol. The fraction of sp³-hybridized carbons (Fsp3) is 1.00. The molecule has 1 N–H and O–H groups in total. The standard InChI is InChI=1S/C8H16OS/c1-8(2,6-9)7-4-3-5-10-7/h7,9H,3-6H2,1-2H3. The molecule has 0 aliphatic carbocycles. The van der Waals surface area contributed by atoms with Crippen LogP contribution in [0, 0.1) is 5.41 Å². The first-order valence-corrected chi connectivity index (χ1v) is 4.94. The van der Waals surface area contributed by atoms with Crippen molar-refractivity contribution in [3.63, 3.8) is 0 Å². The van der Waals surface area contributed by atoms with Gasteiger partial charge in [0.05, 0.1) is 0 Å². The molecule has 0 radical (unpaired) electrons. The Hall–Kier alpha value is 0.310. The predicted octanol–water partition coefficient (Wildman–Crippen LogP) is 1.90. The molecule has 10 heavy (non-hydrogen) atoms. The highest BCUT2D eigenvalue weighted by Crippen LogP contribution is 2.38. The number of thioether (sulfide) groups is 1. The van der Waals surface area contributed by atoms with Gasteiger partial charge in [0.15, 0.2) is 0 Å². The lowest BCUT2D eigenvalue weighted by atomic mass is 9.88. The monoisotopic (exact) mass is 160 g/mol. The summed E-state index contributed by atoms with van der Waals surface area (Å²) in [7, 11) is 0. The van der Waals surface area contributed by atoms with Crippen LogP contribution in [0.5, 0.6) is 0 Å². The molecular formula is C8H16OS. The van der Waals surface area contributed by atoms with Crippen LogP contribution < -0.4 is 0 Å². The Bertz CT molecular complexity index is 106. The minimum Gasteiger partial charge on any atom is -0.396 e. The van der Waals surface area contributed by atoms with Crippen molar-refractivity contribution >= 4 is 11.8 Å². The van der Waals surface area contributed by atoms with Gasteiger partial charge in [0.1, 0.15) is 0 Å². The second kappa shape index (κ2) is 3.14. The van der Waals surface area contributed by atoms with E-state index in [9.17, 15) is 0 Å². The molecule has 60 valence electrons. The van der Waals surface area contributed by atoms with Crippen LogP contribution in [0.25, 0.3) is 0 Å². The van der Waals surface area contributed by atoms with E-state index in [1.54, 1.807) is 0 Å². The van der Waals surface area contributed by atoms with Crippen molar-refractivity contribution in [3.8, 4) is 0 Å². The molecule has 0 saturated carbocycles. The molecule has 1 atom stereocenters. The van der Waals surface area contributed by atoms with Crippen molar-refractivity contribution in [2.75, 3.05) is 12.4 Å². The maximum Gasteiger partial charge on any atom is 0.0492 e. The van der Waals surface area contributed by atoms with Crippen LogP contribution in [0.2, 0.25) is 0 Å². The summed E-state index contributed by atoms with van der Waals surface area (Å²) in [4.78, 5) is 0. The maximum absolute atomic E-state index is 9.04. The molecule has 0 aromatic heterocycles. The van der Waals surface area contributed by atoms with E-state index >= 15 is 0 Å². The average Bonchev–Trinajstić information content (AvgIpc) is 2.38. The van der Waals surface area contributed by atoms with Crippen LogP contribution in [0.4, 0.5) is 0 Å². The molecule has 2 heteroatoms. The van der Waals surface area contributed by atoms with Crippen LogP contribution in [0.3, 0.4) is 0 Å². The van der Waals surface area contributed by atoms with Crippen molar-refractivity contribution in [2.24, 2.45) is 5.41 Å². The zero-order chi connectivity index (χ0) is 7.61. The molecule has 1 nitrogen and oxygen atoms in total. The van der Waals surface area contributed by atoms with Crippen molar-refractivity contribution in [3.05, 3.63) is 0 Å². The summed E-state index contributed by atoms with van der Waals surface area (Å²) in [5.74, 6) is 1.29. The molecule has 1 fully saturated rings. The van der Waals surface area contributed by atoms with Crippen molar-refractivity contribution in [1.29, 1.82) is 0 Å². The van der Waals surface area contributed by atoms with E-state index in [0.29, 0.717) is 11.9 Å². The van der Waals surface area contributed by atoms with E-state index < -0.39 is 0 Å². The third-order valence-electron chi connectivity index (χ3n) is 2.21. The lowest BCUT2D eigenvalue weighted by molar-refractivity contribution is 0.155. The Labute approximate surface area is 67.2 Å². The van der Waals surface area contributed by atoms with E-state index in [1.807, 2.05) is 11.8 Å². The Balaban J connectivity index is 2.45. The first-order chi connectivity index (χ1) is 4.67. The summed E-state index contributed by atoms with van der Waals surface area (Å²) in [5.41, 5.74) is 0.140. The molecule has 1 heterocycles. The summed E-state index contributed by atoms with van der Waals surface area (Å²) < 4.78 is 0. The number of hydrogen-bond donors (Lipinski definition) is 1. The quantitative estimate of drug-likeness (QED) is 0.666. The molecule has 1 aliphatic heterocycles. The third-order valence-corrected chi connectivity index (χ3v) is 4.01. The lowest BCUT2D eigenvalue weighted by Crippen LogP contribution is -2.28. The number of rotatable bonds is 2. The van der Waals surface area contributed by atoms with Crippen LogP contribution in [0.15, 0.2) is 0 Å². The van der Waals surface area contributed by atoms with Gasteiger partial charge in [-0.15, -0.1) is 0 Å². The third kappa shape index (κ3) is 1.67. The Morgan fingerprint density at radius 1 is 1.60 bits per heavy atom. The fourth-order valence-electron chi connectivity index (χ4n) is 1.30. The largest absolute Gasteiger partial charge is 0.396 e. The molecule has 1 unspecified atom stereocenters. The SMILES string of the molecule is CC(C)(CO)C1CCCS1. The number of aliphatic hydroxyl groups excluding tert-OH is 1.